The van der Waals surface area contributed by atoms with Crippen LogP contribution in [0, 0.1) is 17.8 Å². The Balaban J connectivity index is 0.00000102. The van der Waals surface area contributed by atoms with Gasteiger partial charge in [0, 0.05) is 30.9 Å². The lowest BCUT2D eigenvalue weighted by molar-refractivity contribution is 0.193. The lowest BCUT2D eigenvalue weighted by Gasteiger charge is -2.32. The Morgan fingerprint density at radius 3 is 2.41 bits per heavy atom. The van der Waals surface area contributed by atoms with Crippen molar-refractivity contribution in [2.24, 2.45) is 17.8 Å². The van der Waals surface area contributed by atoms with E-state index in [1.54, 1.807) is 0 Å². The Morgan fingerprint density at radius 2 is 1.76 bits per heavy atom. The van der Waals surface area contributed by atoms with Crippen molar-refractivity contribution in [2.75, 3.05) is 32.7 Å². The van der Waals surface area contributed by atoms with Crippen molar-refractivity contribution in [3.05, 3.63) is 30.4 Å². The molecule has 1 unspecified atom stereocenters. The molecule has 0 amide bonds. The minimum Gasteiger partial charge on any atom is -0.330 e. The molecule has 0 spiro atoms. The van der Waals surface area contributed by atoms with Crippen molar-refractivity contribution in [1.29, 1.82) is 0 Å². The van der Waals surface area contributed by atoms with Gasteiger partial charge in [-0.3, -0.25) is 0 Å². The average molecular weight is 440 g/mol. The van der Waals surface area contributed by atoms with Gasteiger partial charge in [-0.2, -0.15) is 0 Å². The first-order chi connectivity index (χ1) is 13.4. The molecular weight excluding hydrogens is 409 g/mol. The van der Waals surface area contributed by atoms with E-state index in [1.165, 1.54) is 64.2 Å². The van der Waals surface area contributed by atoms with Crippen molar-refractivity contribution in [2.45, 2.75) is 44.2 Å². The summed E-state index contributed by atoms with van der Waals surface area (Å²) in [6.45, 7) is 7.07. The normalized spacial score (nSPS) is 29.2. The summed E-state index contributed by atoms with van der Waals surface area (Å²) in [4.78, 5) is 6.87. The molecule has 0 bridgehead atoms. The number of imidazole rings is 1. The van der Waals surface area contributed by atoms with E-state index in [1.807, 2.05) is 18.7 Å². The lowest BCUT2D eigenvalue weighted by atomic mass is 9.95. The first-order valence-corrected chi connectivity index (χ1v) is 10.7. The van der Waals surface area contributed by atoms with Gasteiger partial charge < -0.3 is 19.4 Å². The molecule has 0 radical (unpaired) electrons. The molecule has 29 heavy (non-hydrogen) atoms. The van der Waals surface area contributed by atoms with Gasteiger partial charge in [0.15, 0.2) is 5.82 Å². The SMILES string of the molecule is Cl.Cl.c1cn(Cc2nnc(C3CCN(CC4[C@H]5CNC[C@@H]45)CC3)n2C2CC2)cn1. The third-order valence-corrected chi connectivity index (χ3v) is 7.28. The van der Waals surface area contributed by atoms with Crippen molar-refractivity contribution in [3.8, 4) is 0 Å². The molecule has 2 saturated heterocycles. The van der Waals surface area contributed by atoms with E-state index in [4.69, 9.17) is 0 Å². The van der Waals surface area contributed by atoms with E-state index in [0.717, 1.165) is 30.1 Å². The number of halogens is 2. The number of aromatic nitrogens is 5. The molecule has 2 aromatic rings. The number of likely N-dealkylation sites (tertiary alicyclic amines) is 1. The number of nitrogens with one attached hydrogen (secondary N) is 1. The van der Waals surface area contributed by atoms with Gasteiger partial charge in [0.1, 0.15) is 5.82 Å². The first-order valence-electron chi connectivity index (χ1n) is 10.7. The van der Waals surface area contributed by atoms with Crippen LogP contribution in [0.25, 0.3) is 0 Å². The van der Waals surface area contributed by atoms with Crippen molar-refractivity contribution >= 4 is 24.8 Å². The fourth-order valence-corrected chi connectivity index (χ4v) is 5.49. The highest BCUT2D eigenvalue weighted by Crippen LogP contribution is 2.49. The van der Waals surface area contributed by atoms with Crippen LogP contribution in [0.2, 0.25) is 0 Å². The molecule has 2 aliphatic carbocycles. The second-order valence-corrected chi connectivity index (χ2v) is 9.04. The Morgan fingerprint density at radius 1 is 1.00 bits per heavy atom. The number of hydrogen-bond acceptors (Lipinski definition) is 5. The molecule has 2 aromatic heterocycles. The molecule has 2 aliphatic heterocycles. The van der Waals surface area contributed by atoms with Crippen LogP contribution in [0.15, 0.2) is 18.7 Å². The van der Waals surface area contributed by atoms with Gasteiger partial charge in [0.05, 0.1) is 12.9 Å². The van der Waals surface area contributed by atoms with Crippen LogP contribution < -0.4 is 5.32 Å². The second kappa shape index (κ2) is 8.53. The van der Waals surface area contributed by atoms with Crippen LogP contribution in [0.1, 0.15) is 49.3 Å². The summed E-state index contributed by atoms with van der Waals surface area (Å²) >= 11 is 0. The minimum absolute atomic E-state index is 0. The lowest BCUT2D eigenvalue weighted by Crippen LogP contribution is -2.36. The van der Waals surface area contributed by atoms with Gasteiger partial charge in [-0.25, -0.2) is 4.98 Å². The maximum absolute atomic E-state index is 4.68. The van der Waals surface area contributed by atoms with Gasteiger partial charge in [-0.15, -0.1) is 35.0 Å². The molecule has 0 aromatic carbocycles. The average Bonchev–Trinajstić information content (AvgIpc) is 3.39. The number of hydrogen-bond donors (Lipinski definition) is 1. The predicted octanol–water partition coefficient (Wildman–Crippen LogP) is 2.35. The largest absolute Gasteiger partial charge is 0.330 e. The highest BCUT2D eigenvalue weighted by Gasteiger charge is 2.53. The first kappa shape index (κ1) is 21.1. The maximum atomic E-state index is 4.68. The molecule has 7 nitrogen and oxygen atoms in total. The molecular formula is C20H31Cl2N7. The van der Waals surface area contributed by atoms with E-state index in [0.29, 0.717) is 12.0 Å². The molecule has 6 rings (SSSR count). The maximum Gasteiger partial charge on any atom is 0.153 e. The summed E-state index contributed by atoms with van der Waals surface area (Å²) in [6.07, 6.45) is 10.7. The van der Waals surface area contributed by atoms with Crippen molar-refractivity contribution in [3.63, 3.8) is 0 Å². The molecule has 160 valence electrons. The third-order valence-electron chi connectivity index (χ3n) is 7.28. The predicted molar refractivity (Wildman–Crippen MR) is 116 cm³/mol. The molecule has 9 heteroatoms. The summed E-state index contributed by atoms with van der Waals surface area (Å²) in [7, 11) is 0. The monoisotopic (exact) mass is 439 g/mol. The smallest absolute Gasteiger partial charge is 0.153 e. The van der Waals surface area contributed by atoms with Gasteiger partial charge in [0.25, 0.3) is 0 Å². The fourth-order valence-electron chi connectivity index (χ4n) is 5.49. The van der Waals surface area contributed by atoms with E-state index >= 15 is 0 Å². The molecule has 4 heterocycles. The topological polar surface area (TPSA) is 63.8 Å². The zero-order valence-electron chi connectivity index (χ0n) is 16.7. The molecule has 3 atom stereocenters. The summed E-state index contributed by atoms with van der Waals surface area (Å²) in [5.74, 6) is 5.86. The van der Waals surface area contributed by atoms with Crippen LogP contribution in [0.4, 0.5) is 0 Å². The highest BCUT2D eigenvalue weighted by atomic mass is 35.5. The Kier molecular flexibility index (Phi) is 6.21. The zero-order chi connectivity index (χ0) is 17.8. The summed E-state index contributed by atoms with van der Waals surface area (Å²) in [5, 5.41) is 12.8. The molecule has 4 aliphatic rings. The standard InChI is InChI=1S/C20H29N7.2ClH/c1-2-15(1)27-19(12-26-8-5-21-13-26)23-24-20(27)14-3-6-25(7-4-14)11-18-16-9-22-10-17(16)18;;/h5,8,13-18,22H,1-4,6-7,9-12H2;2*1H/t16-,17+,18?;;. The number of nitrogens with zero attached hydrogens (tertiary/aromatic N) is 6. The van der Waals surface area contributed by atoms with Gasteiger partial charge in [-0.1, -0.05) is 0 Å². The second-order valence-electron chi connectivity index (χ2n) is 9.04. The van der Waals surface area contributed by atoms with Gasteiger partial charge in [-0.05, 0) is 69.6 Å². The number of rotatable bonds is 6. The van der Waals surface area contributed by atoms with Gasteiger partial charge in [0.2, 0.25) is 0 Å². The Hall–Kier alpha value is -1.15. The Labute approximate surface area is 184 Å². The summed E-state index contributed by atoms with van der Waals surface area (Å²) in [5.41, 5.74) is 0. The minimum atomic E-state index is 0. The van der Waals surface area contributed by atoms with Crippen molar-refractivity contribution in [1.82, 2.24) is 34.5 Å². The molecule has 4 fully saturated rings. The fraction of sp³-hybridized carbons (Fsp3) is 0.750. The number of fused-ring (bicyclic) bond motifs is 1. The zero-order valence-corrected chi connectivity index (χ0v) is 18.3. The van der Waals surface area contributed by atoms with E-state index in [2.05, 4.69) is 34.5 Å². The third kappa shape index (κ3) is 4.07. The van der Waals surface area contributed by atoms with E-state index in [-0.39, 0.29) is 24.8 Å². The van der Waals surface area contributed by atoms with Crippen LogP contribution in [-0.4, -0.2) is 61.9 Å². The summed E-state index contributed by atoms with van der Waals surface area (Å²) < 4.78 is 4.56. The number of piperidine rings is 2. The Bertz CT molecular complexity index is 786. The van der Waals surface area contributed by atoms with Crippen LogP contribution >= 0.6 is 24.8 Å². The van der Waals surface area contributed by atoms with Crippen LogP contribution in [0.5, 0.6) is 0 Å². The van der Waals surface area contributed by atoms with Crippen molar-refractivity contribution < 1.29 is 0 Å². The van der Waals surface area contributed by atoms with Crippen LogP contribution in [0.3, 0.4) is 0 Å². The van der Waals surface area contributed by atoms with E-state index in [9.17, 15) is 0 Å². The van der Waals surface area contributed by atoms with Gasteiger partial charge >= 0.3 is 0 Å². The quantitative estimate of drug-likeness (QED) is 0.747. The van der Waals surface area contributed by atoms with E-state index < -0.39 is 0 Å². The molecule has 1 N–H and O–H groups in total. The summed E-state index contributed by atoms with van der Waals surface area (Å²) in [6, 6.07) is 0.630. The molecule has 2 saturated carbocycles. The van der Waals surface area contributed by atoms with Crippen LogP contribution in [-0.2, 0) is 6.54 Å². The highest BCUT2D eigenvalue weighted by molar-refractivity contribution is 5.85.